The first-order valence-corrected chi connectivity index (χ1v) is 9.78. The third-order valence-electron chi connectivity index (χ3n) is 5.68. The summed E-state index contributed by atoms with van der Waals surface area (Å²) in [6.45, 7) is 9.70. The monoisotopic (exact) mass is 387 g/mol. The molecule has 2 aliphatic rings. The quantitative estimate of drug-likeness (QED) is 0.835. The molecule has 0 bridgehead atoms. The second-order valence-corrected chi connectivity index (χ2v) is 7.32. The molecule has 0 aromatic heterocycles. The molecule has 0 radical (unpaired) electrons. The molecule has 0 amide bonds. The molecule has 1 unspecified atom stereocenters. The second-order valence-electron chi connectivity index (χ2n) is 7.32. The van der Waals surface area contributed by atoms with Gasteiger partial charge in [0.15, 0.2) is 0 Å². The molecule has 4 rings (SSSR count). The van der Waals surface area contributed by atoms with Crippen molar-refractivity contribution in [3.05, 3.63) is 59.7 Å². The van der Waals surface area contributed by atoms with Crippen molar-refractivity contribution in [1.29, 1.82) is 0 Å². The molecular weight excluding hydrogens is 358 g/mol. The van der Waals surface area contributed by atoms with E-state index in [1.165, 1.54) is 16.8 Å². The van der Waals surface area contributed by atoms with E-state index in [1.807, 2.05) is 6.07 Å². The molecular formula is C22H30ClN3O. The zero-order chi connectivity index (χ0) is 17.8. The first-order chi connectivity index (χ1) is 12.8. The van der Waals surface area contributed by atoms with Crippen molar-refractivity contribution in [2.75, 3.05) is 51.3 Å². The molecule has 4 nitrogen and oxygen atoms in total. The summed E-state index contributed by atoms with van der Waals surface area (Å²) in [5.41, 5.74) is 5.29. The Hall–Kier alpha value is -1.59. The second kappa shape index (κ2) is 9.56. The molecule has 2 aromatic rings. The molecule has 1 fully saturated rings. The van der Waals surface area contributed by atoms with Gasteiger partial charge in [-0.05, 0) is 48.7 Å². The van der Waals surface area contributed by atoms with Crippen molar-refractivity contribution in [2.24, 2.45) is 0 Å². The van der Waals surface area contributed by atoms with Crippen molar-refractivity contribution >= 4 is 23.8 Å². The van der Waals surface area contributed by atoms with Crippen molar-refractivity contribution < 1.29 is 4.74 Å². The fourth-order valence-corrected chi connectivity index (χ4v) is 4.03. The van der Waals surface area contributed by atoms with Gasteiger partial charge in [0.2, 0.25) is 0 Å². The average molecular weight is 388 g/mol. The van der Waals surface area contributed by atoms with E-state index in [-0.39, 0.29) is 12.4 Å². The number of ether oxygens (including phenoxy) is 1. The summed E-state index contributed by atoms with van der Waals surface area (Å²) in [6.07, 6.45) is 1.15. The fraction of sp³-hybridized carbons (Fsp3) is 0.455. The van der Waals surface area contributed by atoms with Gasteiger partial charge >= 0.3 is 0 Å². The van der Waals surface area contributed by atoms with Crippen LogP contribution in [0.15, 0.2) is 48.5 Å². The summed E-state index contributed by atoms with van der Waals surface area (Å²) in [6, 6.07) is 17.7. The van der Waals surface area contributed by atoms with Crippen LogP contribution in [0.1, 0.15) is 24.1 Å². The number of halogens is 1. The van der Waals surface area contributed by atoms with E-state index < -0.39 is 0 Å². The van der Waals surface area contributed by atoms with Crippen LogP contribution >= 0.6 is 12.4 Å². The summed E-state index contributed by atoms with van der Waals surface area (Å²) in [5, 5.41) is 3.53. The van der Waals surface area contributed by atoms with Gasteiger partial charge in [-0.2, -0.15) is 0 Å². The van der Waals surface area contributed by atoms with Crippen LogP contribution in [0.4, 0.5) is 11.4 Å². The van der Waals surface area contributed by atoms with Gasteiger partial charge in [-0.15, -0.1) is 12.4 Å². The highest BCUT2D eigenvalue weighted by Gasteiger charge is 2.24. The summed E-state index contributed by atoms with van der Waals surface area (Å²) in [7, 11) is 0. The van der Waals surface area contributed by atoms with E-state index in [0.29, 0.717) is 6.04 Å². The lowest BCUT2D eigenvalue weighted by molar-refractivity contribution is 0.0307. The number of morpholine rings is 1. The number of para-hydroxylation sites is 1. The number of rotatable bonds is 5. The number of anilines is 2. The molecule has 2 aromatic carbocycles. The minimum absolute atomic E-state index is 0. The Kier molecular flexibility index (Phi) is 7.13. The molecule has 5 heteroatoms. The molecule has 1 atom stereocenters. The molecule has 0 saturated carbocycles. The Balaban J connectivity index is 0.00000210. The summed E-state index contributed by atoms with van der Waals surface area (Å²) >= 11 is 0. The lowest BCUT2D eigenvalue weighted by Crippen LogP contribution is -2.43. The molecule has 1 N–H and O–H groups in total. The highest BCUT2D eigenvalue weighted by atomic mass is 35.5. The molecule has 0 aliphatic carbocycles. The normalized spacial score (nSPS) is 20.6. The predicted octanol–water partition coefficient (Wildman–Crippen LogP) is 4.10. The maximum absolute atomic E-state index is 5.46. The summed E-state index contributed by atoms with van der Waals surface area (Å²) in [5.74, 6) is 0. The third kappa shape index (κ3) is 5.02. The van der Waals surface area contributed by atoms with Gasteiger partial charge in [0.25, 0.3) is 0 Å². The summed E-state index contributed by atoms with van der Waals surface area (Å²) < 4.78 is 5.46. The van der Waals surface area contributed by atoms with Crippen LogP contribution in [0.3, 0.4) is 0 Å². The maximum atomic E-state index is 5.46. The topological polar surface area (TPSA) is 27.7 Å². The number of nitrogens with one attached hydrogen (secondary N) is 1. The third-order valence-corrected chi connectivity index (χ3v) is 5.68. The molecule has 2 aliphatic heterocycles. The summed E-state index contributed by atoms with van der Waals surface area (Å²) in [4.78, 5) is 5.16. The van der Waals surface area contributed by atoms with E-state index in [0.717, 1.165) is 58.0 Å². The number of fused-ring (bicyclic) bond motifs is 1. The van der Waals surface area contributed by atoms with Crippen LogP contribution in [-0.4, -0.2) is 55.7 Å². The Bertz CT molecular complexity index is 719. The largest absolute Gasteiger partial charge is 0.379 e. The minimum atomic E-state index is 0. The zero-order valence-corrected chi connectivity index (χ0v) is 16.9. The Morgan fingerprint density at radius 2 is 1.74 bits per heavy atom. The zero-order valence-electron chi connectivity index (χ0n) is 16.1. The van der Waals surface area contributed by atoms with Gasteiger partial charge < -0.3 is 10.1 Å². The molecule has 146 valence electrons. The van der Waals surface area contributed by atoms with Gasteiger partial charge in [-0.25, -0.2) is 0 Å². The maximum Gasteiger partial charge on any atom is 0.0594 e. The van der Waals surface area contributed by atoms with E-state index >= 15 is 0 Å². The Morgan fingerprint density at radius 3 is 2.52 bits per heavy atom. The van der Waals surface area contributed by atoms with Crippen LogP contribution in [0.2, 0.25) is 0 Å². The van der Waals surface area contributed by atoms with Crippen molar-refractivity contribution in [3.8, 4) is 0 Å². The van der Waals surface area contributed by atoms with Gasteiger partial charge in [-0.3, -0.25) is 9.80 Å². The predicted molar refractivity (Wildman–Crippen MR) is 114 cm³/mol. The van der Waals surface area contributed by atoms with Crippen LogP contribution < -0.4 is 5.32 Å². The molecule has 27 heavy (non-hydrogen) atoms. The Morgan fingerprint density at radius 1 is 0.963 bits per heavy atom. The fourth-order valence-electron chi connectivity index (χ4n) is 4.03. The first kappa shape index (κ1) is 20.2. The molecule has 2 heterocycles. The van der Waals surface area contributed by atoms with Gasteiger partial charge in [-0.1, -0.05) is 24.3 Å². The van der Waals surface area contributed by atoms with Gasteiger partial charge in [0, 0.05) is 50.1 Å². The first-order valence-electron chi connectivity index (χ1n) is 9.78. The van der Waals surface area contributed by atoms with Gasteiger partial charge in [0.05, 0.1) is 13.2 Å². The average Bonchev–Trinajstić information content (AvgIpc) is 2.69. The molecule has 1 saturated heterocycles. The number of nitrogens with zero attached hydrogens (tertiary/aromatic N) is 2. The lowest BCUT2D eigenvalue weighted by Gasteiger charge is -2.37. The standard InChI is InChI=1S/C22H29N3O.ClH/c1-18-22-17-21(23-20-5-3-2-4-6-20)8-7-19(22)9-10-25(18)12-11-24-13-15-26-16-14-24;/h2-8,17-18,23H,9-16H2,1H3;1H. The smallest absolute Gasteiger partial charge is 0.0594 e. The Labute approximate surface area is 168 Å². The van der Waals surface area contributed by atoms with E-state index in [9.17, 15) is 0 Å². The van der Waals surface area contributed by atoms with Crippen LogP contribution in [0.25, 0.3) is 0 Å². The van der Waals surface area contributed by atoms with Crippen molar-refractivity contribution in [2.45, 2.75) is 19.4 Å². The van der Waals surface area contributed by atoms with Crippen LogP contribution in [0.5, 0.6) is 0 Å². The SMILES string of the molecule is CC1c2cc(Nc3ccccc3)ccc2CCN1CCN1CCOCC1.Cl. The van der Waals surface area contributed by atoms with Crippen molar-refractivity contribution in [3.63, 3.8) is 0 Å². The highest BCUT2D eigenvalue weighted by Crippen LogP contribution is 2.32. The van der Waals surface area contributed by atoms with Crippen LogP contribution in [0, 0.1) is 0 Å². The minimum Gasteiger partial charge on any atom is -0.379 e. The van der Waals surface area contributed by atoms with Gasteiger partial charge in [0.1, 0.15) is 0 Å². The number of benzene rings is 2. The number of hydrogen-bond donors (Lipinski definition) is 1. The van der Waals surface area contributed by atoms with E-state index in [1.54, 1.807) is 0 Å². The lowest BCUT2D eigenvalue weighted by atomic mass is 9.93. The van der Waals surface area contributed by atoms with Crippen molar-refractivity contribution in [1.82, 2.24) is 9.80 Å². The van der Waals surface area contributed by atoms with E-state index in [2.05, 4.69) is 64.5 Å². The molecule has 0 spiro atoms. The van der Waals surface area contributed by atoms with Crippen LogP contribution in [-0.2, 0) is 11.2 Å². The number of hydrogen-bond acceptors (Lipinski definition) is 4. The van der Waals surface area contributed by atoms with E-state index in [4.69, 9.17) is 4.74 Å². The highest BCUT2D eigenvalue weighted by molar-refractivity contribution is 5.85.